The minimum atomic E-state index is 0.131. The van der Waals surface area contributed by atoms with Crippen LogP contribution in [0.4, 0.5) is 11.8 Å². The molecule has 2 aromatic heterocycles. The van der Waals surface area contributed by atoms with Crippen molar-refractivity contribution in [2.75, 3.05) is 17.8 Å². The number of rotatable bonds is 5. The molecule has 0 unspecified atom stereocenters. The van der Waals surface area contributed by atoms with E-state index in [0.717, 1.165) is 6.42 Å². The van der Waals surface area contributed by atoms with Crippen LogP contribution in [0.3, 0.4) is 0 Å². The van der Waals surface area contributed by atoms with Crippen molar-refractivity contribution in [3.63, 3.8) is 0 Å². The van der Waals surface area contributed by atoms with E-state index in [1.165, 1.54) is 4.88 Å². The third-order valence-corrected chi connectivity index (χ3v) is 2.98. The van der Waals surface area contributed by atoms with Crippen LogP contribution in [-0.2, 0) is 6.42 Å². The van der Waals surface area contributed by atoms with Crippen LogP contribution in [0, 0.1) is 0 Å². The Morgan fingerprint density at radius 2 is 2.29 bits per heavy atom. The van der Waals surface area contributed by atoms with Gasteiger partial charge in [-0.1, -0.05) is 6.07 Å². The fraction of sp³-hybridized carbons (Fsp3) is 0.200. The molecule has 0 aliphatic heterocycles. The zero-order valence-corrected chi connectivity index (χ0v) is 9.91. The van der Waals surface area contributed by atoms with Gasteiger partial charge in [0.2, 0.25) is 11.8 Å². The molecule has 17 heavy (non-hydrogen) atoms. The average molecular weight is 251 g/mol. The van der Waals surface area contributed by atoms with E-state index in [2.05, 4.69) is 21.5 Å². The zero-order valence-electron chi connectivity index (χ0n) is 9.09. The minimum Gasteiger partial charge on any atom is -0.477 e. The quantitative estimate of drug-likeness (QED) is 0.542. The second kappa shape index (κ2) is 5.46. The fourth-order valence-corrected chi connectivity index (χ4v) is 1.99. The fourth-order valence-electron chi connectivity index (χ4n) is 1.30. The molecule has 2 heterocycles. The van der Waals surface area contributed by atoms with Crippen LogP contribution in [0.25, 0.3) is 0 Å². The Labute approximate surface area is 103 Å². The SMILES string of the molecule is NNc1cc(OCCc2cccs2)nc(N)n1. The number of hydrogen-bond acceptors (Lipinski definition) is 7. The number of nitrogens with zero attached hydrogens (tertiary/aromatic N) is 2. The molecule has 7 heteroatoms. The van der Waals surface area contributed by atoms with E-state index < -0.39 is 0 Å². The van der Waals surface area contributed by atoms with Gasteiger partial charge in [-0.05, 0) is 11.4 Å². The molecule has 2 aromatic rings. The third kappa shape index (κ3) is 3.30. The molecule has 0 atom stereocenters. The van der Waals surface area contributed by atoms with E-state index >= 15 is 0 Å². The molecule has 0 saturated heterocycles. The Hall–Kier alpha value is -1.86. The van der Waals surface area contributed by atoms with E-state index in [0.29, 0.717) is 18.3 Å². The molecular weight excluding hydrogens is 238 g/mol. The van der Waals surface area contributed by atoms with Gasteiger partial charge in [0.15, 0.2) is 0 Å². The van der Waals surface area contributed by atoms with Gasteiger partial charge in [-0.15, -0.1) is 11.3 Å². The molecule has 0 saturated carbocycles. The monoisotopic (exact) mass is 251 g/mol. The highest BCUT2D eigenvalue weighted by Crippen LogP contribution is 2.15. The molecule has 0 aliphatic rings. The lowest BCUT2D eigenvalue weighted by atomic mass is 10.4. The van der Waals surface area contributed by atoms with Crippen molar-refractivity contribution in [2.45, 2.75) is 6.42 Å². The molecule has 90 valence electrons. The first-order valence-corrected chi connectivity index (χ1v) is 5.92. The lowest BCUT2D eigenvalue weighted by molar-refractivity contribution is 0.310. The highest BCUT2D eigenvalue weighted by molar-refractivity contribution is 7.09. The summed E-state index contributed by atoms with van der Waals surface area (Å²) in [6.45, 7) is 0.543. The predicted molar refractivity (Wildman–Crippen MR) is 67.8 cm³/mol. The van der Waals surface area contributed by atoms with Gasteiger partial charge in [0, 0.05) is 17.4 Å². The summed E-state index contributed by atoms with van der Waals surface area (Å²) in [5, 5.41) is 2.04. The molecule has 0 aromatic carbocycles. The van der Waals surface area contributed by atoms with E-state index in [9.17, 15) is 0 Å². The molecule has 0 amide bonds. The van der Waals surface area contributed by atoms with Gasteiger partial charge < -0.3 is 15.9 Å². The van der Waals surface area contributed by atoms with Gasteiger partial charge in [0.1, 0.15) is 5.82 Å². The van der Waals surface area contributed by atoms with E-state index in [4.69, 9.17) is 16.3 Å². The maximum atomic E-state index is 5.51. The second-order valence-electron chi connectivity index (χ2n) is 3.27. The maximum absolute atomic E-state index is 5.51. The van der Waals surface area contributed by atoms with Crippen molar-refractivity contribution in [3.05, 3.63) is 28.5 Å². The minimum absolute atomic E-state index is 0.131. The zero-order chi connectivity index (χ0) is 12.1. The summed E-state index contributed by atoms with van der Waals surface area (Å²) >= 11 is 1.70. The molecule has 0 spiro atoms. The van der Waals surface area contributed by atoms with Gasteiger partial charge in [-0.25, -0.2) is 5.84 Å². The van der Waals surface area contributed by atoms with Crippen molar-refractivity contribution < 1.29 is 4.74 Å². The Morgan fingerprint density at radius 1 is 1.41 bits per heavy atom. The van der Waals surface area contributed by atoms with Gasteiger partial charge in [-0.2, -0.15) is 9.97 Å². The lowest BCUT2D eigenvalue weighted by Gasteiger charge is -2.06. The van der Waals surface area contributed by atoms with Crippen molar-refractivity contribution >= 4 is 23.1 Å². The molecule has 6 nitrogen and oxygen atoms in total. The predicted octanol–water partition coefficient (Wildman–Crippen LogP) is 1.03. The van der Waals surface area contributed by atoms with Crippen LogP contribution in [0.5, 0.6) is 5.88 Å². The van der Waals surface area contributed by atoms with Gasteiger partial charge >= 0.3 is 0 Å². The van der Waals surface area contributed by atoms with Crippen molar-refractivity contribution in [1.82, 2.24) is 9.97 Å². The number of anilines is 2. The number of nitrogens with one attached hydrogen (secondary N) is 1. The summed E-state index contributed by atoms with van der Waals surface area (Å²) in [6.07, 6.45) is 0.840. The molecule has 2 rings (SSSR count). The number of nitrogen functional groups attached to an aromatic ring is 2. The normalized spacial score (nSPS) is 10.2. The number of ether oxygens (including phenoxy) is 1. The van der Waals surface area contributed by atoms with E-state index in [1.54, 1.807) is 17.4 Å². The first kappa shape index (κ1) is 11.6. The summed E-state index contributed by atoms with van der Waals surface area (Å²) < 4.78 is 5.48. The van der Waals surface area contributed by atoms with Crippen LogP contribution >= 0.6 is 11.3 Å². The van der Waals surface area contributed by atoms with E-state index in [1.807, 2.05) is 11.4 Å². The molecular formula is C10H13N5OS. The average Bonchev–Trinajstić information content (AvgIpc) is 2.81. The smallest absolute Gasteiger partial charge is 0.225 e. The lowest BCUT2D eigenvalue weighted by Crippen LogP contribution is -2.11. The summed E-state index contributed by atoms with van der Waals surface area (Å²) in [5.41, 5.74) is 7.91. The number of nitrogens with two attached hydrogens (primary N) is 2. The number of thiophene rings is 1. The Kier molecular flexibility index (Phi) is 3.73. The molecule has 5 N–H and O–H groups in total. The molecule has 0 bridgehead atoms. The van der Waals surface area contributed by atoms with Gasteiger partial charge in [-0.3, -0.25) is 0 Å². The highest BCUT2D eigenvalue weighted by atomic mass is 32.1. The topological polar surface area (TPSA) is 99.1 Å². The number of aromatic nitrogens is 2. The summed E-state index contributed by atoms with van der Waals surface area (Å²) in [4.78, 5) is 9.08. The van der Waals surface area contributed by atoms with Crippen LogP contribution < -0.4 is 21.7 Å². The van der Waals surface area contributed by atoms with Crippen molar-refractivity contribution in [1.29, 1.82) is 0 Å². The van der Waals surface area contributed by atoms with Crippen molar-refractivity contribution in [3.8, 4) is 5.88 Å². The number of hydrazine groups is 1. The van der Waals surface area contributed by atoms with Gasteiger partial charge in [0.25, 0.3) is 0 Å². The maximum Gasteiger partial charge on any atom is 0.225 e. The summed E-state index contributed by atoms with van der Waals surface area (Å²) in [7, 11) is 0. The Balaban J connectivity index is 1.92. The first-order chi connectivity index (χ1) is 8.28. The first-order valence-electron chi connectivity index (χ1n) is 5.04. The second-order valence-corrected chi connectivity index (χ2v) is 4.30. The van der Waals surface area contributed by atoms with Crippen LogP contribution in [-0.4, -0.2) is 16.6 Å². The van der Waals surface area contributed by atoms with Crippen LogP contribution in [0.2, 0.25) is 0 Å². The Bertz CT molecular complexity index is 474. The molecule has 0 fully saturated rings. The largest absolute Gasteiger partial charge is 0.477 e. The highest BCUT2D eigenvalue weighted by Gasteiger charge is 2.02. The van der Waals surface area contributed by atoms with Gasteiger partial charge in [0.05, 0.1) is 6.61 Å². The summed E-state index contributed by atoms with van der Waals surface area (Å²) in [6, 6.07) is 5.68. The number of hydrogen-bond donors (Lipinski definition) is 3. The van der Waals surface area contributed by atoms with Crippen LogP contribution in [0.1, 0.15) is 4.88 Å². The van der Waals surface area contributed by atoms with Crippen molar-refractivity contribution in [2.24, 2.45) is 5.84 Å². The van der Waals surface area contributed by atoms with Crippen LogP contribution in [0.15, 0.2) is 23.6 Å². The molecule has 0 radical (unpaired) electrons. The third-order valence-electron chi connectivity index (χ3n) is 2.05. The standard InChI is InChI=1S/C10H13N5OS/c11-10-13-8(15-12)6-9(14-10)16-4-3-7-2-1-5-17-7/h1-2,5-6H,3-4,12H2,(H3,11,13,14,15). The molecule has 0 aliphatic carbocycles. The Morgan fingerprint density at radius 3 is 3.00 bits per heavy atom. The van der Waals surface area contributed by atoms with E-state index in [-0.39, 0.29) is 5.95 Å². The summed E-state index contributed by atoms with van der Waals surface area (Å²) in [5.74, 6) is 6.23.